The molecule has 0 aromatic heterocycles. The summed E-state index contributed by atoms with van der Waals surface area (Å²) in [4.78, 5) is 22.1. The molecule has 0 atom stereocenters. The summed E-state index contributed by atoms with van der Waals surface area (Å²) in [5.74, 6) is -2.41. The lowest BCUT2D eigenvalue weighted by atomic mass is 9.81. The monoisotopic (exact) mass is 264 g/mol. The Kier molecular flexibility index (Phi) is 4.70. The fraction of sp³-hybridized carbons (Fsp3) is 0.467. The van der Waals surface area contributed by atoms with E-state index in [-0.39, 0.29) is 16.5 Å². The number of carbonyl (C=O) groups is 2. The summed E-state index contributed by atoms with van der Waals surface area (Å²) in [6, 6.07) is 4.56. The molecule has 0 saturated heterocycles. The highest BCUT2D eigenvalue weighted by Crippen LogP contribution is 2.28. The molecule has 0 spiro atoms. The third-order valence-electron chi connectivity index (χ3n) is 3.15. The molecule has 0 radical (unpaired) electrons. The van der Waals surface area contributed by atoms with Crippen LogP contribution < -0.4 is 0 Å². The molecule has 0 amide bonds. The van der Waals surface area contributed by atoms with E-state index in [9.17, 15) is 9.59 Å². The first-order valence-electron chi connectivity index (χ1n) is 6.36. The molecular weight excluding hydrogens is 244 g/mol. The van der Waals surface area contributed by atoms with Crippen molar-refractivity contribution in [3.63, 3.8) is 0 Å². The Bertz CT molecular complexity index is 489. The van der Waals surface area contributed by atoms with Gasteiger partial charge in [-0.15, -0.1) is 0 Å². The van der Waals surface area contributed by atoms with E-state index in [1.807, 2.05) is 0 Å². The van der Waals surface area contributed by atoms with Crippen molar-refractivity contribution in [1.29, 1.82) is 0 Å². The van der Waals surface area contributed by atoms with Crippen LogP contribution in [0.4, 0.5) is 0 Å². The highest BCUT2D eigenvalue weighted by atomic mass is 16.4. The van der Waals surface area contributed by atoms with Crippen LogP contribution in [0.2, 0.25) is 0 Å². The molecule has 4 heteroatoms. The van der Waals surface area contributed by atoms with Crippen LogP contribution in [0.5, 0.6) is 0 Å². The van der Waals surface area contributed by atoms with Gasteiger partial charge in [0.15, 0.2) is 0 Å². The van der Waals surface area contributed by atoms with E-state index >= 15 is 0 Å². The van der Waals surface area contributed by atoms with E-state index in [2.05, 4.69) is 20.8 Å². The molecule has 4 nitrogen and oxygen atoms in total. The van der Waals surface area contributed by atoms with Gasteiger partial charge in [-0.05, 0) is 36.0 Å². The Morgan fingerprint density at radius 1 is 1.11 bits per heavy atom. The maximum absolute atomic E-state index is 11.1. The molecule has 0 saturated carbocycles. The second-order valence-electron chi connectivity index (χ2n) is 5.58. The minimum atomic E-state index is -1.21. The summed E-state index contributed by atoms with van der Waals surface area (Å²) >= 11 is 0. The van der Waals surface area contributed by atoms with Crippen LogP contribution in [0.25, 0.3) is 0 Å². The van der Waals surface area contributed by atoms with Crippen molar-refractivity contribution in [2.75, 3.05) is 0 Å². The zero-order chi connectivity index (χ0) is 14.6. The summed E-state index contributed by atoms with van der Waals surface area (Å²) in [6.07, 6.45) is 2.84. The minimum absolute atomic E-state index is 0.0786. The van der Waals surface area contributed by atoms with Crippen LogP contribution in [0.1, 0.15) is 59.9 Å². The molecule has 0 aliphatic carbocycles. The lowest BCUT2D eigenvalue weighted by molar-refractivity contribution is 0.0651. The number of hydrogen-bond donors (Lipinski definition) is 2. The van der Waals surface area contributed by atoms with Crippen molar-refractivity contribution in [3.8, 4) is 0 Å². The first kappa shape index (κ1) is 15.2. The smallest absolute Gasteiger partial charge is 0.336 e. The van der Waals surface area contributed by atoms with Gasteiger partial charge in [0.25, 0.3) is 0 Å². The fourth-order valence-corrected chi connectivity index (χ4v) is 2.38. The average Bonchev–Trinajstić information content (AvgIpc) is 2.27. The number of hydrogen-bond acceptors (Lipinski definition) is 2. The van der Waals surface area contributed by atoms with Crippen LogP contribution in [0.15, 0.2) is 18.2 Å². The van der Waals surface area contributed by atoms with Crippen LogP contribution in [0.3, 0.4) is 0 Å². The maximum atomic E-state index is 11.1. The van der Waals surface area contributed by atoms with E-state index in [0.717, 1.165) is 24.8 Å². The van der Waals surface area contributed by atoms with Gasteiger partial charge < -0.3 is 10.2 Å². The van der Waals surface area contributed by atoms with Crippen molar-refractivity contribution in [3.05, 3.63) is 34.9 Å². The SMILES string of the molecule is CCCC(C)(C)Cc1ccc(C(=O)O)c(C(=O)O)c1. The number of aromatic carboxylic acids is 2. The Morgan fingerprint density at radius 3 is 2.16 bits per heavy atom. The quantitative estimate of drug-likeness (QED) is 0.825. The number of carboxylic acid groups (broad SMARTS) is 2. The van der Waals surface area contributed by atoms with Crippen molar-refractivity contribution >= 4 is 11.9 Å². The fourth-order valence-electron chi connectivity index (χ4n) is 2.38. The van der Waals surface area contributed by atoms with E-state index in [4.69, 9.17) is 10.2 Å². The standard InChI is InChI=1S/C15H20O4/c1-4-7-15(2,3)9-10-5-6-11(13(16)17)12(8-10)14(18)19/h5-6,8H,4,7,9H2,1-3H3,(H,16,17)(H,18,19). The van der Waals surface area contributed by atoms with Gasteiger partial charge in [0.2, 0.25) is 0 Å². The number of benzene rings is 1. The van der Waals surface area contributed by atoms with Gasteiger partial charge in [-0.3, -0.25) is 0 Å². The van der Waals surface area contributed by atoms with Crippen LogP contribution in [0, 0.1) is 5.41 Å². The van der Waals surface area contributed by atoms with Crippen molar-refractivity contribution in [2.24, 2.45) is 5.41 Å². The van der Waals surface area contributed by atoms with Gasteiger partial charge in [-0.2, -0.15) is 0 Å². The molecule has 1 aromatic rings. The molecule has 0 aliphatic rings. The van der Waals surface area contributed by atoms with Gasteiger partial charge in [-0.1, -0.05) is 33.3 Å². The zero-order valence-electron chi connectivity index (χ0n) is 11.6. The number of carboxylic acids is 2. The van der Waals surface area contributed by atoms with Crippen LogP contribution in [-0.4, -0.2) is 22.2 Å². The molecule has 1 rings (SSSR count). The largest absolute Gasteiger partial charge is 0.478 e. The van der Waals surface area contributed by atoms with Crippen LogP contribution in [-0.2, 0) is 6.42 Å². The molecule has 1 aromatic carbocycles. The third kappa shape index (κ3) is 4.09. The predicted molar refractivity (Wildman–Crippen MR) is 72.8 cm³/mol. The van der Waals surface area contributed by atoms with E-state index in [0.29, 0.717) is 0 Å². The normalized spacial score (nSPS) is 11.3. The Balaban J connectivity index is 3.09. The first-order valence-corrected chi connectivity index (χ1v) is 6.36. The summed E-state index contributed by atoms with van der Waals surface area (Å²) in [6.45, 7) is 6.36. The van der Waals surface area contributed by atoms with Crippen molar-refractivity contribution in [2.45, 2.75) is 40.0 Å². The molecular formula is C15H20O4. The third-order valence-corrected chi connectivity index (χ3v) is 3.15. The lowest BCUT2D eigenvalue weighted by Gasteiger charge is -2.24. The summed E-state index contributed by atoms with van der Waals surface area (Å²) in [5, 5.41) is 18.0. The topological polar surface area (TPSA) is 74.6 Å². The summed E-state index contributed by atoms with van der Waals surface area (Å²) in [7, 11) is 0. The average molecular weight is 264 g/mol. The molecule has 0 aliphatic heterocycles. The molecule has 19 heavy (non-hydrogen) atoms. The van der Waals surface area contributed by atoms with Gasteiger partial charge in [0.1, 0.15) is 0 Å². The molecule has 2 N–H and O–H groups in total. The van der Waals surface area contributed by atoms with Gasteiger partial charge in [0, 0.05) is 0 Å². The van der Waals surface area contributed by atoms with Crippen molar-refractivity contribution in [1.82, 2.24) is 0 Å². The molecule has 0 heterocycles. The van der Waals surface area contributed by atoms with Gasteiger partial charge in [-0.25, -0.2) is 9.59 Å². The Hall–Kier alpha value is -1.84. The van der Waals surface area contributed by atoms with Gasteiger partial charge >= 0.3 is 11.9 Å². The second kappa shape index (κ2) is 5.87. The molecule has 0 bridgehead atoms. The molecule has 0 unspecified atom stereocenters. The highest BCUT2D eigenvalue weighted by molar-refractivity contribution is 6.01. The van der Waals surface area contributed by atoms with Crippen LogP contribution >= 0.6 is 0 Å². The van der Waals surface area contributed by atoms with Crippen molar-refractivity contribution < 1.29 is 19.8 Å². The van der Waals surface area contributed by atoms with E-state index in [1.165, 1.54) is 12.1 Å². The highest BCUT2D eigenvalue weighted by Gasteiger charge is 2.20. The van der Waals surface area contributed by atoms with E-state index in [1.54, 1.807) is 6.07 Å². The van der Waals surface area contributed by atoms with Gasteiger partial charge in [0.05, 0.1) is 11.1 Å². The lowest BCUT2D eigenvalue weighted by Crippen LogP contribution is -2.16. The first-order chi connectivity index (χ1) is 8.76. The predicted octanol–water partition coefficient (Wildman–Crippen LogP) is 3.45. The maximum Gasteiger partial charge on any atom is 0.336 e. The zero-order valence-corrected chi connectivity index (χ0v) is 11.6. The second-order valence-corrected chi connectivity index (χ2v) is 5.58. The Morgan fingerprint density at radius 2 is 1.68 bits per heavy atom. The summed E-state index contributed by atoms with van der Waals surface area (Å²) < 4.78 is 0. The molecule has 104 valence electrons. The Labute approximate surface area is 113 Å². The van der Waals surface area contributed by atoms with E-state index < -0.39 is 11.9 Å². The summed E-state index contributed by atoms with van der Waals surface area (Å²) in [5.41, 5.74) is 0.637. The molecule has 0 fully saturated rings. The number of rotatable bonds is 6. The minimum Gasteiger partial charge on any atom is -0.478 e.